The number of aromatic hydroxyl groups is 1. The van der Waals surface area contributed by atoms with E-state index in [0.717, 1.165) is 19.3 Å². The molecule has 0 aliphatic heterocycles. The van der Waals surface area contributed by atoms with Crippen LogP contribution in [0.3, 0.4) is 0 Å². The van der Waals surface area contributed by atoms with Crippen LogP contribution in [0.25, 0.3) is 0 Å². The van der Waals surface area contributed by atoms with E-state index in [1.165, 1.54) is 13.2 Å². The van der Waals surface area contributed by atoms with E-state index in [0.29, 0.717) is 23.3 Å². The van der Waals surface area contributed by atoms with E-state index in [9.17, 15) is 9.90 Å². The van der Waals surface area contributed by atoms with Gasteiger partial charge in [-0.2, -0.15) is 0 Å². The summed E-state index contributed by atoms with van der Waals surface area (Å²) in [6.45, 7) is 0. The third kappa shape index (κ3) is 2.12. The number of rotatable bonds is 3. The molecule has 4 unspecified atom stereocenters. The van der Waals surface area contributed by atoms with Gasteiger partial charge in [0.05, 0.1) is 13.0 Å². The Bertz CT molecular complexity index is 530. The number of carbonyl (C=O) groups is 1. The van der Waals surface area contributed by atoms with Gasteiger partial charge in [-0.15, -0.1) is 0 Å². The molecule has 0 radical (unpaired) electrons. The second-order valence-corrected chi connectivity index (χ2v) is 5.81. The Hall–Kier alpha value is -1.75. The topological polar surface area (TPSA) is 84.6 Å². The smallest absolute Gasteiger partial charge is 0.229 e. The molecule has 4 N–H and O–H groups in total. The summed E-state index contributed by atoms with van der Waals surface area (Å²) in [5.74, 6) is 1.19. The van der Waals surface area contributed by atoms with Crippen LogP contribution in [-0.4, -0.2) is 24.2 Å². The summed E-state index contributed by atoms with van der Waals surface area (Å²) < 4.78 is 4.98. The molecule has 20 heavy (non-hydrogen) atoms. The van der Waals surface area contributed by atoms with E-state index in [-0.39, 0.29) is 23.6 Å². The minimum atomic E-state index is -0.0991. The SMILES string of the molecule is COc1ccc(NC(=O)C2C3CCC(C3)C2N)cc1O. The molecule has 108 valence electrons. The minimum Gasteiger partial charge on any atom is -0.504 e. The number of methoxy groups -OCH3 is 1. The van der Waals surface area contributed by atoms with E-state index in [1.54, 1.807) is 12.1 Å². The Kier molecular flexibility index (Phi) is 3.30. The van der Waals surface area contributed by atoms with E-state index in [4.69, 9.17) is 10.5 Å². The third-order valence-electron chi connectivity index (χ3n) is 4.73. The van der Waals surface area contributed by atoms with Crippen molar-refractivity contribution in [3.63, 3.8) is 0 Å². The standard InChI is InChI=1S/C15H20N2O3/c1-20-12-5-4-10(7-11(12)18)17-15(19)13-8-2-3-9(6-8)14(13)16/h4-5,7-9,13-14,18H,2-3,6,16H2,1H3,(H,17,19). The molecular weight excluding hydrogens is 256 g/mol. The van der Waals surface area contributed by atoms with Gasteiger partial charge >= 0.3 is 0 Å². The fourth-order valence-corrected chi connectivity index (χ4v) is 3.72. The summed E-state index contributed by atoms with van der Waals surface area (Å²) in [4.78, 5) is 12.4. The number of ether oxygens (including phenoxy) is 1. The highest BCUT2D eigenvalue weighted by atomic mass is 16.5. The molecule has 2 aliphatic rings. The maximum absolute atomic E-state index is 12.4. The van der Waals surface area contributed by atoms with Crippen LogP contribution in [0.15, 0.2) is 18.2 Å². The van der Waals surface area contributed by atoms with Crippen LogP contribution in [-0.2, 0) is 4.79 Å². The van der Waals surface area contributed by atoms with Gasteiger partial charge in [0.25, 0.3) is 0 Å². The molecule has 1 aromatic carbocycles. The fourth-order valence-electron chi connectivity index (χ4n) is 3.72. The normalized spacial score (nSPS) is 31.3. The summed E-state index contributed by atoms with van der Waals surface area (Å²) in [7, 11) is 1.49. The second kappa shape index (κ2) is 4.98. The van der Waals surface area contributed by atoms with Crippen molar-refractivity contribution >= 4 is 11.6 Å². The van der Waals surface area contributed by atoms with Crippen molar-refractivity contribution < 1.29 is 14.6 Å². The summed E-state index contributed by atoms with van der Waals surface area (Å²) in [5, 5.41) is 12.6. The van der Waals surface area contributed by atoms with Crippen molar-refractivity contribution in [1.29, 1.82) is 0 Å². The fraction of sp³-hybridized carbons (Fsp3) is 0.533. The van der Waals surface area contributed by atoms with E-state index in [2.05, 4.69) is 5.32 Å². The first-order chi connectivity index (χ1) is 9.60. The first-order valence-electron chi connectivity index (χ1n) is 7.03. The van der Waals surface area contributed by atoms with Crippen LogP contribution in [0, 0.1) is 17.8 Å². The molecule has 1 aromatic rings. The molecule has 3 rings (SSSR count). The van der Waals surface area contributed by atoms with E-state index in [1.807, 2.05) is 0 Å². The molecule has 2 fully saturated rings. The number of hydrogen-bond acceptors (Lipinski definition) is 4. The van der Waals surface area contributed by atoms with Gasteiger partial charge in [-0.05, 0) is 43.2 Å². The summed E-state index contributed by atoms with van der Waals surface area (Å²) in [5.41, 5.74) is 6.74. The average molecular weight is 276 g/mol. The molecule has 4 atom stereocenters. The third-order valence-corrected chi connectivity index (χ3v) is 4.73. The average Bonchev–Trinajstić information content (AvgIpc) is 2.99. The molecule has 2 saturated carbocycles. The van der Waals surface area contributed by atoms with Crippen LogP contribution in [0.2, 0.25) is 0 Å². The lowest BCUT2D eigenvalue weighted by Gasteiger charge is -2.27. The quantitative estimate of drug-likeness (QED) is 0.784. The number of benzene rings is 1. The second-order valence-electron chi connectivity index (χ2n) is 5.81. The first-order valence-corrected chi connectivity index (χ1v) is 7.03. The number of anilines is 1. The Morgan fingerprint density at radius 1 is 1.40 bits per heavy atom. The van der Waals surface area contributed by atoms with E-state index >= 15 is 0 Å². The monoisotopic (exact) mass is 276 g/mol. The number of phenolic OH excluding ortho intramolecular Hbond substituents is 1. The first kappa shape index (κ1) is 13.2. The van der Waals surface area contributed by atoms with Crippen LogP contribution < -0.4 is 15.8 Å². The van der Waals surface area contributed by atoms with Gasteiger partial charge < -0.3 is 20.9 Å². The maximum Gasteiger partial charge on any atom is 0.229 e. The Morgan fingerprint density at radius 3 is 2.75 bits per heavy atom. The number of amides is 1. The molecule has 0 heterocycles. The minimum absolute atomic E-state index is 0.0162. The molecule has 1 amide bonds. The number of nitrogens with two attached hydrogens (primary N) is 1. The van der Waals surface area contributed by atoms with Gasteiger partial charge in [0.2, 0.25) is 5.91 Å². The van der Waals surface area contributed by atoms with Crippen LogP contribution in [0.5, 0.6) is 11.5 Å². The number of nitrogens with one attached hydrogen (secondary N) is 1. The van der Waals surface area contributed by atoms with Gasteiger partial charge in [0.15, 0.2) is 11.5 Å². The number of fused-ring (bicyclic) bond motifs is 2. The van der Waals surface area contributed by atoms with Crippen molar-refractivity contribution in [1.82, 2.24) is 0 Å². The predicted molar refractivity (Wildman–Crippen MR) is 75.6 cm³/mol. The Balaban J connectivity index is 1.72. The molecule has 0 spiro atoms. The van der Waals surface area contributed by atoms with Crippen molar-refractivity contribution in [3.05, 3.63) is 18.2 Å². The molecule has 5 nitrogen and oxygen atoms in total. The predicted octanol–water partition coefficient (Wildman–Crippen LogP) is 1.71. The summed E-state index contributed by atoms with van der Waals surface area (Å²) >= 11 is 0. The van der Waals surface area contributed by atoms with Crippen molar-refractivity contribution in [3.8, 4) is 11.5 Å². The molecule has 0 saturated heterocycles. The van der Waals surface area contributed by atoms with Crippen molar-refractivity contribution in [2.24, 2.45) is 23.5 Å². The van der Waals surface area contributed by atoms with Gasteiger partial charge in [0.1, 0.15) is 0 Å². The summed E-state index contributed by atoms with van der Waals surface area (Å²) in [6.07, 6.45) is 3.33. The highest BCUT2D eigenvalue weighted by Gasteiger charge is 2.49. The summed E-state index contributed by atoms with van der Waals surface area (Å²) in [6, 6.07) is 4.82. The van der Waals surface area contributed by atoms with Crippen molar-refractivity contribution in [2.75, 3.05) is 12.4 Å². The number of hydrogen-bond donors (Lipinski definition) is 3. The van der Waals surface area contributed by atoms with Gasteiger partial charge in [-0.25, -0.2) is 0 Å². The molecular formula is C15H20N2O3. The van der Waals surface area contributed by atoms with Crippen LogP contribution >= 0.6 is 0 Å². The van der Waals surface area contributed by atoms with Crippen molar-refractivity contribution in [2.45, 2.75) is 25.3 Å². The van der Waals surface area contributed by atoms with Crippen LogP contribution in [0.1, 0.15) is 19.3 Å². The van der Waals surface area contributed by atoms with Gasteiger partial charge in [-0.1, -0.05) is 0 Å². The lowest BCUT2D eigenvalue weighted by atomic mass is 9.84. The largest absolute Gasteiger partial charge is 0.504 e. The highest BCUT2D eigenvalue weighted by molar-refractivity contribution is 5.94. The lowest BCUT2D eigenvalue weighted by Crippen LogP contribution is -2.42. The van der Waals surface area contributed by atoms with Gasteiger partial charge in [-0.3, -0.25) is 4.79 Å². The zero-order valence-electron chi connectivity index (χ0n) is 11.5. The molecule has 5 heteroatoms. The number of carbonyl (C=O) groups excluding carboxylic acids is 1. The molecule has 2 bridgehead atoms. The zero-order valence-corrected chi connectivity index (χ0v) is 11.5. The molecule has 0 aromatic heterocycles. The maximum atomic E-state index is 12.4. The van der Waals surface area contributed by atoms with Crippen LogP contribution in [0.4, 0.5) is 5.69 Å². The van der Waals surface area contributed by atoms with E-state index < -0.39 is 0 Å². The zero-order chi connectivity index (χ0) is 14.3. The number of phenols is 1. The lowest BCUT2D eigenvalue weighted by molar-refractivity contribution is -0.121. The Labute approximate surface area is 118 Å². The molecule has 2 aliphatic carbocycles. The highest BCUT2D eigenvalue weighted by Crippen LogP contribution is 2.48. The van der Waals surface area contributed by atoms with Gasteiger partial charge in [0, 0.05) is 17.8 Å². The Morgan fingerprint density at radius 2 is 2.15 bits per heavy atom.